The van der Waals surface area contributed by atoms with Crippen molar-refractivity contribution in [3.8, 4) is 0 Å². The van der Waals surface area contributed by atoms with E-state index in [4.69, 9.17) is 44.6 Å². The highest BCUT2D eigenvalue weighted by atomic mass is 35.5. The minimum atomic E-state index is -4.48. The molecule has 0 atom stereocenters. The lowest BCUT2D eigenvalue weighted by molar-refractivity contribution is 0.173. The summed E-state index contributed by atoms with van der Waals surface area (Å²) in [6.45, 7) is -0.266. The number of hydrogen-bond donors (Lipinski definition) is 2. The number of halogens is 3. The normalized spacial score (nSPS) is 13.2. The third-order valence-electron chi connectivity index (χ3n) is 1.58. The SMILES string of the molecule is O=P(O)(O)OCC(Cl)(CCCl)CCCl. The summed E-state index contributed by atoms with van der Waals surface area (Å²) in [5, 5.41) is 0. The Morgan fingerprint density at radius 3 is 1.93 bits per heavy atom. The molecule has 0 rings (SSSR count). The van der Waals surface area contributed by atoms with Crippen molar-refractivity contribution in [2.75, 3.05) is 18.4 Å². The van der Waals surface area contributed by atoms with Gasteiger partial charge in [0.25, 0.3) is 0 Å². The number of alkyl halides is 3. The highest BCUT2D eigenvalue weighted by molar-refractivity contribution is 7.46. The van der Waals surface area contributed by atoms with E-state index in [1.165, 1.54) is 0 Å². The van der Waals surface area contributed by atoms with Gasteiger partial charge in [0, 0.05) is 11.8 Å². The van der Waals surface area contributed by atoms with E-state index in [0.29, 0.717) is 12.8 Å². The Balaban J connectivity index is 4.15. The third-order valence-corrected chi connectivity index (χ3v) is 2.91. The predicted molar refractivity (Wildman–Crippen MR) is 57.3 cm³/mol. The summed E-state index contributed by atoms with van der Waals surface area (Å²) in [6.07, 6.45) is 0.756. The Kier molecular flexibility index (Phi) is 7.00. The van der Waals surface area contributed by atoms with Crippen molar-refractivity contribution in [1.29, 1.82) is 0 Å². The monoisotopic (exact) mass is 284 g/mol. The lowest BCUT2D eigenvalue weighted by atomic mass is 10.0. The number of rotatable bonds is 7. The average Bonchev–Trinajstić information content (AvgIpc) is 2.01. The van der Waals surface area contributed by atoms with E-state index in [9.17, 15) is 4.57 Å². The average molecular weight is 285 g/mol. The third kappa shape index (κ3) is 7.30. The van der Waals surface area contributed by atoms with Crippen LogP contribution in [-0.4, -0.2) is 33.0 Å². The Morgan fingerprint density at radius 1 is 1.21 bits per heavy atom. The van der Waals surface area contributed by atoms with Crippen LogP contribution in [0.2, 0.25) is 0 Å². The van der Waals surface area contributed by atoms with Gasteiger partial charge in [-0.3, -0.25) is 4.52 Å². The molecule has 0 saturated carbocycles. The van der Waals surface area contributed by atoms with Gasteiger partial charge in [0.1, 0.15) is 0 Å². The molecule has 0 aromatic heterocycles. The van der Waals surface area contributed by atoms with Crippen molar-refractivity contribution in [2.45, 2.75) is 17.7 Å². The maximum atomic E-state index is 10.4. The van der Waals surface area contributed by atoms with Crippen LogP contribution in [0.15, 0.2) is 0 Å². The molecule has 8 heteroatoms. The fourth-order valence-electron chi connectivity index (χ4n) is 0.808. The number of phosphoric acid groups is 1. The second-order valence-corrected chi connectivity index (χ2v) is 5.59. The summed E-state index contributed by atoms with van der Waals surface area (Å²) in [4.78, 5) is 16.1. The first kappa shape index (κ1) is 15.0. The molecule has 14 heavy (non-hydrogen) atoms. The lowest BCUT2D eigenvalue weighted by Gasteiger charge is -2.25. The fraction of sp³-hybridized carbons (Fsp3) is 1.00. The molecule has 2 N–H and O–H groups in total. The smallest absolute Gasteiger partial charge is 0.303 e. The highest BCUT2D eigenvalue weighted by Gasteiger charge is 2.30. The van der Waals surface area contributed by atoms with Crippen LogP contribution in [0.5, 0.6) is 0 Å². The van der Waals surface area contributed by atoms with Crippen LogP contribution in [0, 0.1) is 0 Å². The zero-order valence-electron chi connectivity index (χ0n) is 7.33. The van der Waals surface area contributed by atoms with Gasteiger partial charge in [-0.05, 0) is 12.8 Å². The van der Waals surface area contributed by atoms with E-state index in [1.54, 1.807) is 0 Å². The van der Waals surface area contributed by atoms with E-state index in [0.717, 1.165) is 0 Å². The van der Waals surface area contributed by atoms with Crippen LogP contribution in [0.25, 0.3) is 0 Å². The molecular formula is C6H12Cl3O4P. The largest absolute Gasteiger partial charge is 0.469 e. The maximum Gasteiger partial charge on any atom is 0.469 e. The standard InChI is InChI=1S/C6H12Cl3O4P/c7-3-1-6(9,2-4-8)5-13-14(10,11)12/h1-5H2,(H2,10,11,12). The molecule has 0 aliphatic heterocycles. The molecule has 0 heterocycles. The summed E-state index contributed by atoms with van der Waals surface area (Å²) < 4.78 is 14.8. The quantitative estimate of drug-likeness (QED) is 0.556. The molecule has 0 radical (unpaired) electrons. The second-order valence-electron chi connectivity index (χ2n) is 2.79. The van der Waals surface area contributed by atoms with Gasteiger partial charge in [-0.2, -0.15) is 0 Å². The van der Waals surface area contributed by atoms with Gasteiger partial charge < -0.3 is 9.79 Å². The van der Waals surface area contributed by atoms with Crippen LogP contribution in [0.1, 0.15) is 12.8 Å². The number of phosphoric ester groups is 1. The molecule has 0 aromatic carbocycles. The zero-order chi connectivity index (χ0) is 11.2. The summed E-state index contributed by atoms with van der Waals surface area (Å²) in [6, 6.07) is 0. The van der Waals surface area contributed by atoms with Crippen molar-refractivity contribution in [3.05, 3.63) is 0 Å². The minimum Gasteiger partial charge on any atom is -0.303 e. The van der Waals surface area contributed by atoms with Gasteiger partial charge in [-0.25, -0.2) is 4.57 Å². The first-order chi connectivity index (χ1) is 6.33. The summed E-state index contributed by atoms with van der Waals surface area (Å²) in [7, 11) is -4.48. The molecule has 4 nitrogen and oxygen atoms in total. The van der Waals surface area contributed by atoms with Crippen LogP contribution in [-0.2, 0) is 9.09 Å². The van der Waals surface area contributed by atoms with Gasteiger partial charge in [-0.1, -0.05) is 0 Å². The van der Waals surface area contributed by atoms with Crippen molar-refractivity contribution >= 4 is 42.6 Å². The second kappa shape index (κ2) is 6.54. The molecule has 0 aromatic rings. The minimum absolute atomic E-state index is 0.266. The topological polar surface area (TPSA) is 66.8 Å². The van der Waals surface area contributed by atoms with Crippen molar-refractivity contribution in [3.63, 3.8) is 0 Å². The summed E-state index contributed by atoms with van der Waals surface area (Å²) in [5.74, 6) is 0.565. The molecule has 0 aliphatic rings. The van der Waals surface area contributed by atoms with E-state index in [1.807, 2.05) is 0 Å². The van der Waals surface area contributed by atoms with Gasteiger partial charge in [-0.15, -0.1) is 34.8 Å². The van der Waals surface area contributed by atoms with Gasteiger partial charge in [0.05, 0.1) is 11.5 Å². The van der Waals surface area contributed by atoms with Crippen molar-refractivity contribution in [2.24, 2.45) is 0 Å². The Labute approximate surface area is 97.7 Å². The zero-order valence-corrected chi connectivity index (χ0v) is 10.5. The van der Waals surface area contributed by atoms with Crippen molar-refractivity contribution < 1.29 is 18.9 Å². The van der Waals surface area contributed by atoms with E-state index < -0.39 is 12.7 Å². The van der Waals surface area contributed by atoms with Crippen molar-refractivity contribution in [1.82, 2.24) is 0 Å². The Bertz CT molecular complexity index is 201. The van der Waals surface area contributed by atoms with E-state index in [2.05, 4.69) is 4.52 Å². The molecule has 0 fully saturated rings. The van der Waals surface area contributed by atoms with Crippen LogP contribution in [0.3, 0.4) is 0 Å². The highest BCUT2D eigenvalue weighted by Crippen LogP contribution is 2.39. The van der Waals surface area contributed by atoms with E-state index in [-0.39, 0.29) is 18.4 Å². The van der Waals surface area contributed by atoms with E-state index >= 15 is 0 Å². The molecule has 0 unspecified atom stereocenters. The number of hydrogen-bond acceptors (Lipinski definition) is 2. The summed E-state index contributed by atoms with van der Waals surface area (Å²) >= 11 is 17.0. The fourth-order valence-corrected chi connectivity index (χ4v) is 2.46. The first-order valence-electron chi connectivity index (χ1n) is 3.84. The first-order valence-corrected chi connectivity index (χ1v) is 6.82. The Hall–Kier alpha value is 0.980. The van der Waals surface area contributed by atoms with Gasteiger partial charge in [0.2, 0.25) is 0 Å². The Morgan fingerprint density at radius 2 is 1.64 bits per heavy atom. The maximum absolute atomic E-state index is 10.4. The lowest BCUT2D eigenvalue weighted by Crippen LogP contribution is -2.29. The predicted octanol–water partition coefficient (Wildman–Crippen LogP) is 2.33. The molecule has 0 aliphatic carbocycles. The van der Waals surface area contributed by atoms with Gasteiger partial charge in [0.15, 0.2) is 0 Å². The molecule has 86 valence electrons. The molecule has 0 bridgehead atoms. The van der Waals surface area contributed by atoms with Crippen LogP contribution in [0.4, 0.5) is 0 Å². The van der Waals surface area contributed by atoms with Gasteiger partial charge >= 0.3 is 7.82 Å². The molecule has 0 saturated heterocycles. The summed E-state index contributed by atoms with van der Waals surface area (Å²) in [5.41, 5.74) is 0. The van der Waals surface area contributed by atoms with Crippen LogP contribution >= 0.6 is 42.6 Å². The molecular weight excluding hydrogens is 273 g/mol. The van der Waals surface area contributed by atoms with Crippen LogP contribution < -0.4 is 0 Å². The molecule has 0 spiro atoms. The molecule has 0 amide bonds.